The summed E-state index contributed by atoms with van der Waals surface area (Å²) in [5.41, 5.74) is 1.51. The van der Waals surface area contributed by atoms with E-state index >= 15 is 0 Å². The summed E-state index contributed by atoms with van der Waals surface area (Å²) in [5.74, 6) is 0.973. The summed E-state index contributed by atoms with van der Waals surface area (Å²) in [6.07, 6.45) is 12.6. The van der Waals surface area contributed by atoms with E-state index in [1.165, 1.54) is 63.7 Å². The third kappa shape index (κ3) is 3.52. The summed E-state index contributed by atoms with van der Waals surface area (Å²) >= 11 is 0. The Morgan fingerprint density at radius 2 is 2.06 bits per heavy atom. The van der Waals surface area contributed by atoms with Gasteiger partial charge in [0.2, 0.25) is 0 Å². The lowest BCUT2D eigenvalue weighted by molar-refractivity contribution is 0.176. The summed E-state index contributed by atoms with van der Waals surface area (Å²) in [7, 11) is 0. The van der Waals surface area contributed by atoms with E-state index in [2.05, 4.69) is 22.4 Å². The van der Waals surface area contributed by atoms with Crippen molar-refractivity contribution in [1.29, 1.82) is 0 Å². The molecule has 0 aromatic rings. The van der Waals surface area contributed by atoms with Crippen molar-refractivity contribution >= 4 is 0 Å². The van der Waals surface area contributed by atoms with Gasteiger partial charge in [-0.1, -0.05) is 11.6 Å². The molecule has 1 aliphatic carbocycles. The summed E-state index contributed by atoms with van der Waals surface area (Å²) in [6, 6.07) is 0. The lowest BCUT2D eigenvalue weighted by atomic mass is 10.1. The van der Waals surface area contributed by atoms with Crippen LogP contribution in [0.2, 0.25) is 0 Å². The monoisotopic (exact) mass is 248 g/mol. The molecule has 100 valence electrons. The van der Waals surface area contributed by atoms with Crippen LogP contribution < -0.4 is 5.32 Å². The summed E-state index contributed by atoms with van der Waals surface area (Å²) in [5, 5.41) is 3.38. The number of hydrogen-bond donors (Lipinski definition) is 1. The van der Waals surface area contributed by atoms with Gasteiger partial charge in [0.15, 0.2) is 5.88 Å². The molecule has 1 N–H and O–H groups in total. The van der Waals surface area contributed by atoms with Gasteiger partial charge in [-0.15, -0.1) is 0 Å². The Hall–Kier alpha value is -0.960. The molecule has 0 amide bonds. The normalized spacial score (nSPS) is 24.4. The first-order valence-corrected chi connectivity index (χ1v) is 7.43. The van der Waals surface area contributed by atoms with E-state index in [-0.39, 0.29) is 0 Å². The molecule has 2 aliphatic heterocycles. The van der Waals surface area contributed by atoms with Crippen LogP contribution in [0.5, 0.6) is 0 Å². The molecule has 0 bridgehead atoms. The van der Waals surface area contributed by atoms with Gasteiger partial charge in [0.1, 0.15) is 6.10 Å². The molecule has 0 aromatic carbocycles. The van der Waals surface area contributed by atoms with E-state index in [1.807, 2.05) is 0 Å². The average molecular weight is 248 g/mol. The molecule has 2 fully saturated rings. The molecule has 0 spiro atoms. The van der Waals surface area contributed by atoms with Gasteiger partial charge >= 0.3 is 0 Å². The van der Waals surface area contributed by atoms with E-state index in [0.717, 1.165) is 12.4 Å². The highest BCUT2D eigenvalue weighted by atomic mass is 16.5. The first kappa shape index (κ1) is 12.1. The van der Waals surface area contributed by atoms with Crippen LogP contribution in [0.1, 0.15) is 38.5 Å². The van der Waals surface area contributed by atoms with Gasteiger partial charge in [-0.3, -0.25) is 0 Å². The third-order valence-electron chi connectivity index (χ3n) is 3.95. The molecule has 3 nitrogen and oxygen atoms in total. The van der Waals surface area contributed by atoms with Crippen LogP contribution in [0.3, 0.4) is 0 Å². The van der Waals surface area contributed by atoms with E-state index in [0.29, 0.717) is 6.10 Å². The smallest absolute Gasteiger partial charge is 0.187 e. The maximum Gasteiger partial charge on any atom is 0.187 e. The minimum Gasteiger partial charge on any atom is -0.476 e. The molecule has 0 aromatic heterocycles. The minimum absolute atomic E-state index is 0.494. The van der Waals surface area contributed by atoms with Gasteiger partial charge in [0, 0.05) is 6.54 Å². The van der Waals surface area contributed by atoms with Crippen LogP contribution in [0.15, 0.2) is 23.6 Å². The standard InChI is InChI=1S/C15H24N2O/c1-2-10-17(9-1)11-3-4-13-5-8-15(16-12-13)18-14-6-7-14/h5,8,14,16H,1-4,6-7,9-12H2. The van der Waals surface area contributed by atoms with Crippen molar-refractivity contribution in [1.82, 2.24) is 10.2 Å². The van der Waals surface area contributed by atoms with Gasteiger partial charge in [-0.2, -0.15) is 0 Å². The molecule has 1 saturated heterocycles. The number of rotatable bonds is 6. The van der Waals surface area contributed by atoms with Gasteiger partial charge in [-0.25, -0.2) is 0 Å². The minimum atomic E-state index is 0.494. The fourth-order valence-electron chi connectivity index (χ4n) is 2.67. The molecule has 18 heavy (non-hydrogen) atoms. The molecule has 3 aliphatic rings. The second-order valence-corrected chi connectivity index (χ2v) is 5.68. The average Bonchev–Trinajstić information content (AvgIpc) is 3.05. The number of nitrogens with zero attached hydrogens (tertiary/aromatic N) is 1. The van der Waals surface area contributed by atoms with E-state index in [9.17, 15) is 0 Å². The van der Waals surface area contributed by atoms with Crippen molar-refractivity contribution in [2.75, 3.05) is 26.2 Å². The van der Waals surface area contributed by atoms with Crippen LogP contribution in [0, 0.1) is 0 Å². The highest BCUT2D eigenvalue weighted by Crippen LogP contribution is 2.26. The number of nitrogens with one attached hydrogen (secondary N) is 1. The SMILES string of the molecule is C1=C(CCCN2CCCC2)CNC(OC2CC2)=C1. The van der Waals surface area contributed by atoms with Gasteiger partial charge < -0.3 is 15.0 Å². The van der Waals surface area contributed by atoms with Crippen molar-refractivity contribution in [3.63, 3.8) is 0 Å². The number of ether oxygens (including phenoxy) is 1. The van der Waals surface area contributed by atoms with Crippen molar-refractivity contribution < 1.29 is 4.74 Å². The lowest BCUT2D eigenvalue weighted by Crippen LogP contribution is -2.23. The predicted molar refractivity (Wildman–Crippen MR) is 73.2 cm³/mol. The number of likely N-dealkylation sites (tertiary alicyclic amines) is 1. The number of dihydropyridines is 1. The van der Waals surface area contributed by atoms with E-state index < -0.39 is 0 Å². The van der Waals surface area contributed by atoms with Gasteiger partial charge in [-0.05, 0) is 64.2 Å². The molecular formula is C15H24N2O. The van der Waals surface area contributed by atoms with Crippen LogP contribution in [-0.4, -0.2) is 37.2 Å². The largest absolute Gasteiger partial charge is 0.476 e. The second-order valence-electron chi connectivity index (χ2n) is 5.68. The zero-order valence-electron chi connectivity index (χ0n) is 11.2. The Morgan fingerprint density at radius 1 is 1.22 bits per heavy atom. The maximum absolute atomic E-state index is 5.73. The summed E-state index contributed by atoms with van der Waals surface area (Å²) < 4.78 is 5.73. The Kier molecular flexibility index (Phi) is 3.89. The second kappa shape index (κ2) is 5.79. The Morgan fingerprint density at radius 3 is 2.72 bits per heavy atom. The molecule has 0 atom stereocenters. The fourth-order valence-corrected chi connectivity index (χ4v) is 2.67. The van der Waals surface area contributed by atoms with E-state index in [4.69, 9.17) is 4.74 Å². The highest BCUT2D eigenvalue weighted by molar-refractivity contribution is 5.21. The predicted octanol–water partition coefficient (Wildman–Crippen LogP) is 2.41. The quantitative estimate of drug-likeness (QED) is 0.781. The number of hydrogen-bond acceptors (Lipinski definition) is 3. The first-order valence-electron chi connectivity index (χ1n) is 7.43. The van der Waals surface area contributed by atoms with Crippen LogP contribution in [0.25, 0.3) is 0 Å². The third-order valence-corrected chi connectivity index (χ3v) is 3.95. The van der Waals surface area contributed by atoms with E-state index in [1.54, 1.807) is 0 Å². The van der Waals surface area contributed by atoms with Gasteiger partial charge in [0.05, 0.1) is 0 Å². The number of allylic oxidation sites excluding steroid dienone is 2. The van der Waals surface area contributed by atoms with Crippen LogP contribution >= 0.6 is 0 Å². The zero-order valence-corrected chi connectivity index (χ0v) is 11.2. The summed E-state index contributed by atoms with van der Waals surface area (Å²) in [4.78, 5) is 2.59. The van der Waals surface area contributed by atoms with Crippen LogP contribution in [-0.2, 0) is 4.74 Å². The van der Waals surface area contributed by atoms with Crippen molar-refractivity contribution in [2.45, 2.75) is 44.6 Å². The molecule has 3 heteroatoms. The molecule has 2 heterocycles. The molecule has 0 radical (unpaired) electrons. The maximum atomic E-state index is 5.73. The Labute approximate surface area is 110 Å². The molecular weight excluding hydrogens is 224 g/mol. The van der Waals surface area contributed by atoms with Gasteiger partial charge in [0.25, 0.3) is 0 Å². The molecule has 3 rings (SSSR count). The summed E-state index contributed by atoms with van der Waals surface area (Å²) in [6.45, 7) is 4.87. The fraction of sp³-hybridized carbons (Fsp3) is 0.733. The molecule has 0 unspecified atom stereocenters. The van der Waals surface area contributed by atoms with Crippen molar-refractivity contribution in [2.24, 2.45) is 0 Å². The zero-order chi connectivity index (χ0) is 12.2. The highest BCUT2D eigenvalue weighted by Gasteiger charge is 2.24. The van der Waals surface area contributed by atoms with Crippen molar-refractivity contribution in [3.8, 4) is 0 Å². The Balaban J connectivity index is 1.37. The topological polar surface area (TPSA) is 24.5 Å². The van der Waals surface area contributed by atoms with Crippen LogP contribution in [0.4, 0.5) is 0 Å². The Bertz CT molecular complexity index is 338. The first-order chi connectivity index (χ1) is 8.90. The van der Waals surface area contributed by atoms with Crippen molar-refractivity contribution in [3.05, 3.63) is 23.6 Å². The lowest BCUT2D eigenvalue weighted by Gasteiger charge is -2.19. The molecule has 1 saturated carbocycles.